The number of amides is 1. The second-order valence-corrected chi connectivity index (χ2v) is 4.30. The van der Waals surface area contributed by atoms with Crippen molar-refractivity contribution in [1.29, 1.82) is 0 Å². The summed E-state index contributed by atoms with van der Waals surface area (Å²) in [4.78, 5) is 17.1. The number of imidazole rings is 1. The van der Waals surface area contributed by atoms with Gasteiger partial charge in [0, 0.05) is 6.54 Å². The van der Waals surface area contributed by atoms with Gasteiger partial charge < -0.3 is 10.6 Å². The zero-order chi connectivity index (χ0) is 12.7. The summed E-state index contributed by atoms with van der Waals surface area (Å²) in [5.74, 6) is 0.0417. The number of nitrogens with zero attached hydrogens (tertiary/aromatic N) is 4. The molecular weight excluding hydrogens is 237 g/mol. The van der Waals surface area contributed by atoms with Gasteiger partial charge in [-0.1, -0.05) is 0 Å². The number of primary amides is 1. The predicted octanol–water partition coefficient (Wildman–Crippen LogP) is 0.376. The van der Waals surface area contributed by atoms with Crippen LogP contribution in [0.1, 0.15) is 16.9 Å². The highest BCUT2D eigenvalue weighted by molar-refractivity contribution is 5.91. The molecule has 2 aromatic rings. The number of aromatic nitrogens is 3. The van der Waals surface area contributed by atoms with Crippen LogP contribution in [0.2, 0.25) is 0 Å². The largest absolute Gasteiger partial charge is 0.364 e. The van der Waals surface area contributed by atoms with Gasteiger partial charge in [0.25, 0.3) is 5.91 Å². The molecule has 1 saturated heterocycles. The Morgan fingerprint density at radius 1 is 1.50 bits per heavy atom. The van der Waals surface area contributed by atoms with Gasteiger partial charge in [-0.15, -0.1) is 5.10 Å². The molecule has 2 N–H and O–H groups in total. The van der Waals surface area contributed by atoms with Crippen LogP contribution in [0, 0.1) is 0 Å². The number of alkyl halides is 1. The average Bonchev–Trinajstić information content (AvgIpc) is 2.93. The van der Waals surface area contributed by atoms with Gasteiger partial charge in [-0.25, -0.2) is 13.9 Å². The number of rotatable bonds is 2. The highest BCUT2D eigenvalue weighted by atomic mass is 19.1. The van der Waals surface area contributed by atoms with E-state index in [9.17, 15) is 9.18 Å². The van der Waals surface area contributed by atoms with Gasteiger partial charge in [-0.3, -0.25) is 4.79 Å². The van der Waals surface area contributed by atoms with Crippen molar-refractivity contribution in [3.63, 3.8) is 0 Å². The first kappa shape index (κ1) is 10.9. The van der Waals surface area contributed by atoms with E-state index in [-0.39, 0.29) is 5.69 Å². The van der Waals surface area contributed by atoms with Crippen molar-refractivity contribution in [2.45, 2.75) is 12.6 Å². The molecule has 1 atom stereocenters. The Labute approximate surface area is 102 Å². The van der Waals surface area contributed by atoms with Crippen LogP contribution in [0.15, 0.2) is 18.3 Å². The summed E-state index contributed by atoms with van der Waals surface area (Å²) in [5, 5.41) is 4.29. The van der Waals surface area contributed by atoms with Crippen molar-refractivity contribution in [3.05, 3.63) is 24.0 Å². The van der Waals surface area contributed by atoms with Crippen LogP contribution < -0.4 is 10.6 Å². The van der Waals surface area contributed by atoms with Crippen LogP contribution in [0.4, 0.5) is 10.2 Å². The molecule has 0 bridgehead atoms. The Kier molecular flexibility index (Phi) is 2.39. The van der Waals surface area contributed by atoms with Crippen LogP contribution in [0.25, 0.3) is 5.65 Å². The highest BCUT2D eigenvalue weighted by Crippen LogP contribution is 2.20. The summed E-state index contributed by atoms with van der Waals surface area (Å²) in [6.45, 7) is 0.958. The molecule has 1 aliphatic heterocycles. The topological polar surface area (TPSA) is 76.5 Å². The molecule has 0 radical (unpaired) electrons. The lowest BCUT2D eigenvalue weighted by molar-refractivity contribution is 0.0993. The fourth-order valence-corrected chi connectivity index (χ4v) is 2.13. The van der Waals surface area contributed by atoms with E-state index < -0.39 is 12.1 Å². The van der Waals surface area contributed by atoms with Gasteiger partial charge in [0.2, 0.25) is 0 Å². The van der Waals surface area contributed by atoms with Crippen molar-refractivity contribution < 1.29 is 9.18 Å². The minimum absolute atomic E-state index is 0.225. The molecule has 2 aromatic heterocycles. The molecule has 0 saturated carbocycles. The van der Waals surface area contributed by atoms with Crippen molar-refractivity contribution in [2.75, 3.05) is 18.0 Å². The third-order valence-corrected chi connectivity index (χ3v) is 3.06. The minimum Gasteiger partial charge on any atom is -0.364 e. The van der Waals surface area contributed by atoms with Crippen LogP contribution >= 0.6 is 0 Å². The van der Waals surface area contributed by atoms with Crippen LogP contribution in [-0.2, 0) is 0 Å². The van der Waals surface area contributed by atoms with Gasteiger partial charge in [0.15, 0.2) is 5.65 Å². The molecule has 0 unspecified atom stereocenters. The van der Waals surface area contributed by atoms with Gasteiger partial charge in [-0.05, 0) is 18.6 Å². The first-order valence-corrected chi connectivity index (χ1v) is 5.69. The van der Waals surface area contributed by atoms with Gasteiger partial charge in [0.05, 0.1) is 12.7 Å². The van der Waals surface area contributed by atoms with Gasteiger partial charge in [-0.2, -0.15) is 0 Å². The fourth-order valence-electron chi connectivity index (χ4n) is 2.13. The van der Waals surface area contributed by atoms with Crippen LogP contribution in [0.5, 0.6) is 0 Å². The number of halogens is 1. The lowest BCUT2D eigenvalue weighted by Crippen LogP contribution is -2.22. The Balaban J connectivity index is 2.04. The Morgan fingerprint density at radius 2 is 2.33 bits per heavy atom. The van der Waals surface area contributed by atoms with E-state index in [0.717, 1.165) is 0 Å². The summed E-state index contributed by atoms with van der Waals surface area (Å²) in [6.07, 6.45) is 1.07. The third kappa shape index (κ3) is 1.68. The van der Waals surface area contributed by atoms with E-state index in [1.165, 1.54) is 10.7 Å². The maximum absolute atomic E-state index is 13.2. The number of carbonyl (C=O) groups is 1. The number of carbonyl (C=O) groups excluding carboxylic acids is 1. The second-order valence-electron chi connectivity index (χ2n) is 4.30. The van der Waals surface area contributed by atoms with Crippen molar-refractivity contribution in [3.8, 4) is 0 Å². The molecular formula is C11H12FN5O. The number of hydrogen-bond donors (Lipinski definition) is 1. The van der Waals surface area contributed by atoms with Gasteiger partial charge >= 0.3 is 0 Å². The number of hydrogen-bond acceptors (Lipinski definition) is 4. The fraction of sp³-hybridized carbons (Fsp3) is 0.364. The van der Waals surface area contributed by atoms with Crippen LogP contribution in [-0.4, -0.2) is 39.8 Å². The zero-order valence-corrected chi connectivity index (χ0v) is 9.58. The van der Waals surface area contributed by atoms with Crippen molar-refractivity contribution in [2.24, 2.45) is 5.73 Å². The van der Waals surface area contributed by atoms with E-state index in [1.54, 1.807) is 12.1 Å². The summed E-state index contributed by atoms with van der Waals surface area (Å²) < 4.78 is 14.6. The van der Waals surface area contributed by atoms with Crippen LogP contribution in [0.3, 0.4) is 0 Å². The third-order valence-electron chi connectivity index (χ3n) is 3.06. The smallest absolute Gasteiger partial charge is 0.269 e. The van der Waals surface area contributed by atoms with E-state index >= 15 is 0 Å². The molecule has 0 aromatic carbocycles. The summed E-state index contributed by atoms with van der Waals surface area (Å²) in [5.41, 5.74) is 6.01. The average molecular weight is 249 g/mol. The molecule has 1 amide bonds. The monoisotopic (exact) mass is 249 g/mol. The van der Waals surface area contributed by atoms with Gasteiger partial charge in [0.1, 0.15) is 17.7 Å². The Hall–Kier alpha value is -2.18. The lowest BCUT2D eigenvalue weighted by atomic mass is 10.3. The lowest BCUT2D eigenvalue weighted by Gasteiger charge is -2.15. The maximum Gasteiger partial charge on any atom is 0.269 e. The molecule has 7 heteroatoms. The molecule has 18 heavy (non-hydrogen) atoms. The summed E-state index contributed by atoms with van der Waals surface area (Å²) in [7, 11) is 0. The molecule has 3 rings (SSSR count). The molecule has 3 heterocycles. The molecule has 1 fully saturated rings. The van der Waals surface area contributed by atoms with E-state index in [0.29, 0.717) is 31.0 Å². The Morgan fingerprint density at radius 3 is 3.00 bits per heavy atom. The first-order valence-electron chi connectivity index (χ1n) is 5.69. The maximum atomic E-state index is 13.2. The molecule has 0 aliphatic carbocycles. The zero-order valence-electron chi connectivity index (χ0n) is 9.58. The summed E-state index contributed by atoms with van der Waals surface area (Å²) in [6, 6.07) is 3.51. The normalized spacial score (nSPS) is 19.6. The van der Waals surface area contributed by atoms with E-state index in [4.69, 9.17) is 5.73 Å². The summed E-state index contributed by atoms with van der Waals surface area (Å²) >= 11 is 0. The predicted molar refractivity (Wildman–Crippen MR) is 63.2 cm³/mol. The van der Waals surface area contributed by atoms with Crippen molar-refractivity contribution >= 4 is 17.4 Å². The quantitative estimate of drug-likeness (QED) is 0.834. The molecule has 94 valence electrons. The number of fused-ring (bicyclic) bond motifs is 1. The minimum atomic E-state index is -0.819. The van der Waals surface area contributed by atoms with E-state index in [1.807, 2.05) is 4.90 Å². The standard InChI is InChI=1S/C11H12FN5O/c12-7-3-4-16(6-7)10-2-1-9-14-5-8(11(13)18)17(9)15-10/h1-2,5,7H,3-4,6H2,(H2,13,18)/t7-/m1/s1. The first-order chi connectivity index (χ1) is 8.65. The molecule has 6 nitrogen and oxygen atoms in total. The highest BCUT2D eigenvalue weighted by Gasteiger charge is 2.23. The molecule has 1 aliphatic rings. The SMILES string of the molecule is NC(=O)c1cnc2ccc(N3CC[C@@H](F)C3)nn12. The molecule has 0 spiro atoms. The van der Waals surface area contributed by atoms with Crippen molar-refractivity contribution in [1.82, 2.24) is 14.6 Å². The second kappa shape index (κ2) is 3.94. The number of nitrogens with two attached hydrogens (primary N) is 1. The Bertz CT molecular complexity index is 610. The number of anilines is 1. The van der Waals surface area contributed by atoms with E-state index in [2.05, 4.69) is 10.1 Å².